The Morgan fingerprint density at radius 2 is 1.62 bits per heavy atom. The van der Waals surface area contributed by atoms with Gasteiger partial charge in [0.25, 0.3) is 0 Å². The lowest BCUT2D eigenvalue weighted by Gasteiger charge is -2.14. The van der Waals surface area contributed by atoms with Gasteiger partial charge >= 0.3 is 6.16 Å². The molecule has 0 atom stereocenters. The maximum Gasteiger partial charge on any atom is 0.507 e. The molecule has 1 N–H and O–H groups in total. The van der Waals surface area contributed by atoms with Crippen LogP contribution >= 0.6 is 0 Å². The summed E-state index contributed by atoms with van der Waals surface area (Å²) in [7, 11) is 2.51. The first kappa shape index (κ1) is 12.2. The Balaban J connectivity index is 0.000000226. The number of hydrogen-bond acceptors (Lipinski definition) is 4. The molecule has 0 heterocycles. The third-order valence-corrected chi connectivity index (χ3v) is 1.91. The van der Waals surface area contributed by atoms with E-state index in [1.54, 1.807) is 0 Å². The summed E-state index contributed by atoms with van der Waals surface area (Å²) in [5.74, 6) is 0. The maximum atomic E-state index is 9.74. The summed E-state index contributed by atoms with van der Waals surface area (Å²) in [5.41, 5.74) is 0. The van der Waals surface area contributed by atoms with Gasteiger partial charge < -0.3 is 14.6 Å². The molecular weight excluding hydrogens is 172 g/mol. The summed E-state index contributed by atoms with van der Waals surface area (Å²) in [4.78, 5) is 9.74. The van der Waals surface area contributed by atoms with Crippen LogP contribution in [-0.4, -0.2) is 31.6 Å². The van der Waals surface area contributed by atoms with Gasteiger partial charge in [0.1, 0.15) is 0 Å². The smallest absolute Gasteiger partial charge is 0.438 e. The number of methoxy groups -OCH3 is 2. The molecule has 4 nitrogen and oxygen atoms in total. The molecule has 1 fully saturated rings. The van der Waals surface area contributed by atoms with Gasteiger partial charge in [0, 0.05) is 0 Å². The molecule has 1 aliphatic rings. The van der Waals surface area contributed by atoms with Crippen LogP contribution < -0.4 is 0 Å². The van der Waals surface area contributed by atoms with Crippen molar-refractivity contribution in [1.29, 1.82) is 0 Å². The first-order valence-electron chi connectivity index (χ1n) is 4.50. The largest absolute Gasteiger partial charge is 0.507 e. The lowest BCUT2D eigenvalue weighted by atomic mass is 9.98. The molecule has 0 radical (unpaired) electrons. The van der Waals surface area contributed by atoms with E-state index < -0.39 is 6.16 Å². The highest BCUT2D eigenvalue weighted by atomic mass is 16.7. The van der Waals surface area contributed by atoms with E-state index in [9.17, 15) is 4.79 Å². The molecule has 13 heavy (non-hydrogen) atoms. The SMILES string of the molecule is COC(=O)OC.OC1CCCCC1. The van der Waals surface area contributed by atoms with Gasteiger partial charge in [0.05, 0.1) is 20.3 Å². The Labute approximate surface area is 78.8 Å². The Morgan fingerprint density at radius 1 is 1.15 bits per heavy atom. The zero-order valence-electron chi connectivity index (χ0n) is 8.28. The van der Waals surface area contributed by atoms with Crippen LogP contribution in [0.2, 0.25) is 0 Å². The average Bonchev–Trinajstić information content (AvgIpc) is 2.19. The lowest BCUT2D eigenvalue weighted by Crippen LogP contribution is -2.09. The number of carbonyl (C=O) groups excluding carboxylic acids is 1. The van der Waals surface area contributed by atoms with Gasteiger partial charge in [0.2, 0.25) is 0 Å². The first-order valence-corrected chi connectivity index (χ1v) is 4.50. The molecule has 1 rings (SSSR count). The topological polar surface area (TPSA) is 55.8 Å². The second kappa shape index (κ2) is 7.86. The van der Waals surface area contributed by atoms with Crippen molar-refractivity contribution in [3.63, 3.8) is 0 Å². The predicted molar refractivity (Wildman–Crippen MR) is 48.5 cm³/mol. The highest BCUT2D eigenvalue weighted by molar-refractivity contribution is 5.59. The minimum Gasteiger partial charge on any atom is -0.438 e. The number of aliphatic hydroxyl groups is 1. The molecule has 0 saturated heterocycles. The third-order valence-electron chi connectivity index (χ3n) is 1.91. The van der Waals surface area contributed by atoms with Gasteiger partial charge in [-0.15, -0.1) is 0 Å². The number of hydrogen-bond donors (Lipinski definition) is 1. The number of carbonyl (C=O) groups is 1. The normalized spacial score (nSPS) is 16.8. The molecular formula is C9H18O4. The van der Waals surface area contributed by atoms with Crippen LogP contribution in [0.1, 0.15) is 32.1 Å². The van der Waals surface area contributed by atoms with Crippen LogP contribution in [0.25, 0.3) is 0 Å². The summed E-state index contributed by atoms with van der Waals surface area (Å²) < 4.78 is 8.08. The quantitative estimate of drug-likeness (QED) is 0.591. The summed E-state index contributed by atoms with van der Waals surface area (Å²) in [6.45, 7) is 0. The molecule has 0 aromatic rings. The maximum absolute atomic E-state index is 9.74. The van der Waals surface area contributed by atoms with Gasteiger partial charge in [-0.2, -0.15) is 0 Å². The molecule has 0 aromatic carbocycles. The van der Waals surface area contributed by atoms with E-state index in [4.69, 9.17) is 5.11 Å². The fourth-order valence-corrected chi connectivity index (χ4v) is 1.16. The molecule has 0 bridgehead atoms. The van der Waals surface area contributed by atoms with E-state index in [1.807, 2.05) is 0 Å². The zero-order chi connectivity index (χ0) is 10.1. The van der Waals surface area contributed by atoms with Crippen molar-refractivity contribution >= 4 is 6.16 Å². The molecule has 0 aliphatic heterocycles. The van der Waals surface area contributed by atoms with E-state index in [0.717, 1.165) is 12.8 Å². The molecule has 1 saturated carbocycles. The lowest BCUT2D eigenvalue weighted by molar-refractivity contribution is 0.0924. The monoisotopic (exact) mass is 190 g/mol. The van der Waals surface area contributed by atoms with Crippen molar-refractivity contribution in [2.24, 2.45) is 0 Å². The van der Waals surface area contributed by atoms with Crippen molar-refractivity contribution in [3.8, 4) is 0 Å². The Kier molecular flexibility index (Phi) is 7.39. The van der Waals surface area contributed by atoms with Gasteiger partial charge in [0.15, 0.2) is 0 Å². The van der Waals surface area contributed by atoms with Crippen molar-refractivity contribution < 1.29 is 19.4 Å². The fraction of sp³-hybridized carbons (Fsp3) is 0.889. The van der Waals surface area contributed by atoms with Crippen molar-refractivity contribution in [3.05, 3.63) is 0 Å². The van der Waals surface area contributed by atoms with E-state index in [1.165, 1.54) is 33.5 Å². The molecule has 78 valence electrons. The molecule has 1 aliphatic carbocycles. The Hall–Kier alpha value is -0.770. The molecule has 0 spiro atoms. The number of ether oxygens (including phenoxy) is 2. The number of aliphatic hydroxyl groups excluding tert-OH is 1. The van der Waals surface area contributed by atoms with Crippen LogP contribution in [-0.2, 0) is 9.47 Å². The minimum absolute atomic E-state index is 0.0359. The molecule has 0 unspecified atom stereocenters. The summed E-state index contributed by atoms with van der Waals surface area (Å²) in [6.07, 6.45) is 5.27. The van der Waals surface area contributed by atoms with Crippen molar-refractivity contribution in [1.82, 2.24) is 0 Å². The average molecular weight is 190 g/mol. The van der Waals surface area contributed by atoms with E-state index in [0.29, 0.717) is 0 Å². The third kappa shape index (κ3) is 7.59. The van der Waals surface area contributed by atoms with Gasteiger partial charge in [-0.3, -0.25) is 0 Å². The minimum atomic E-state index is -0.657. The number of rotatable bonds is 0. The molecule has 0 aromatic heterocycles. The van der Waals surface area contributed by atoms with E-state index in [-0.39, 0.29) is 6.10 Å². The standard InChI is InChI=1S/C6H12O.C3H6O3/c7-6-4-2-1-3-5-6;1-5-3(4)6-2/h6-7H,1-5H2;1-2H3. The van der Waals surface area contributed by atoms with Gasteiger partial charge in [-0.25, -0.2) is 4.79 Å². The van der Waals surface area contributed by atoms with Crippen molar-refractivity contribution in [2.75, 3.05) is 14.2 Å². The summed E-state index contributed by atoms with van der Waals surface area (Å²) in [6, 6.07) is 0. The van der Waals surface area contributed by atoms with Gasteiger partial charge in [-0.05, 0) is 12.8 Å². The second-order valence-corrected chi connectivity index (χ2v) is 2.95. The summed E-state index contributed by atoms with van der Waals surface area (Å²) in [5, 5.41) is 8.91. The van der Waals surface area contributed by atoms with E-state index in [2.05, 4.69) is 9.47 Å². The van der Waals surface area contributed by atoms with Crippen molar-refractivity contribution in [2.45, 2.75) is 38.2 Å². The highest BCUT2D eigenvalue weighted by Gasteiger charge is 2.07. The second-order valence-electron chi connectivity index (χ2n) is 2.95. The van der Waals surface area contributed by atoms with Gasteiger partial charge in [-0.1, -0.05) is 19.3 Å². The Morgan fingerprint density at radius 3 is 1.77 bits per heavy atom. The first-order chi connectivity index (χ1) is 6.20. The summed E-state index contributed by atoms with van der Waals surface area (Å²) >= 11 is 0. The van der Waals surface area contributed by atoms with Crippen LogP contribution in [0, 0.1) is 0 Å². The van der Waals surface area contributed by atoms with Crippen LogP contribution in [0.5, 0.6) is 0 Å². The van der Waals surface area contributed by atoms with Crippen LogP contribution in [0.4, 0.5) is 4.79 Å². The predicted octanol–water partition coefficient (Wildman–Crippen LogP) is 1.71. The molecule has 4 heteroatoms. The van der Waals surface area contributed by atoms with Crippen LogP contribution in [0.3, 0.4) is 0 Å². The Bertz CT molecular complexity index is 124. The fourth-order valence-electron chi connectivity index (χ4n) is 1.16. The van der Waals surface area contributed by atoms with Crippen LogP contribution in [0.15, 0.2) is 0 Å². The molecule has 0 amide bonds. The highest BCUT2D eigenvalue weighted by Crippen LogP contribution is 2.16. The zero-order valence-corrected chi connectivity index (χ0v) is 8.28. The van der Waals surface area contributed by atoms with E-state index >= 15 is 0 Å².